The summed E-state index contributed by atoms with van der Waals surface area (Å²) < 4.78 is 4.47. The molecule has 0 amide bonds. The van der Waals surface area contributed by atoms with Crippen molar-refractivity contribution in [2.75, 3.05) is 0 Å². The molecule has 30 heavy (non-hydrogen) atoms. The fraction of sp³-hybridized carbons (Fsp3) is 0.474. The molecule has 1 N–H and O–H groups in total. The highest BCUT2D eigenvalue weighted by Gasteiger charge is 2.17. The summed E-state index contributed by atoms with van der Waals surface area (Å²) >= 11 is 5.98. The summed E-state index contributed by atoms with van der Waals surface area (Å²) in [6, 6.07) is 3.73. The summed E-state index contributed by atoms with van der Waals surface area (Å²) in [4.78, 5) is 32.8. The molecule has 158 valence electrons. The summed E-state index contributed by atoms with van der Waals surface area (Å²) in [5, 5.41) is 12.8. The molecular weight excluding hydrogens is 408 g/mol. The van der Waals surface area contributed by atoms with E-state index >= 15 is 0 Å². The van der Waals surface area contributed by atoms with Gasteiger partial charge in [-0.15, -0.1) is 10.2 Å². The molecule has 4 rings (SSSR count). The third-order valence-electron chi connectivity index (χ3n) is 5.06. The Hall–Kier alpha value is -3.01. The molecule has 0 spiro atoms. The number of nitrogens with one attached hydrogen (secondary N) is 1. The molecule has 0 fully saturated rings. The molecule has 0 aliphatic heterocycles. The lowest BCUT2D eigenvalue weighted by molar-refractivity contribution is 0.522. The van der Waals surface area contributed by atoms with Crippen molar-refractivity contribution < 1.29 is 0 Å². The predicted molar refractivity (Wildman–Crippen MR) is 113 cm³/mol. The Morgan fingerprint density at radius 3 is 2.67 bits per heavy atom. The first-order valence-electron chi connectivity index (χ1n) is 10.1. The number of imidazole rings is 1. The van der Waals surface area contributed by atoms with Crippen LogP contribution in [-0.4, -0.2) is 38.9 Å². The van der Waals surface area contributed by atoms with E-state index in [1.54, 1.807) is 4.52 Å². The maximum absolute atomic E-state index is 13.0. The van der Waals surface area contributed by atoms with Crippen LogP contribution in [0.5, 0.6) is 0 Å². The zero-order valence-electron chi connectivity index (χ0n) is 16.9. The summed E-state index contributed by atoms with van der Waals surface area (Å²) in [5.74, 6) is 0.690. The summed E-state index contributed by atoms with van der Waals surface area (Å²) in [6.07, 6.45) is 3.90. The average Bonchev–Trinajstić information content (AvgIpc) is 3.30. The second-order valence-electron chi connectivity index (χ2n) is 7.29. The Bertz CT molecular complexity index is 1320. The van der Waals surface area contributed by atoms with Gasteiger partial charge in [0.05, 0.1) is 5.69 Å². The first-order valence-corrected chi connectivity index (χ1v) is 10.4. The van der Waals surface area contributed by atoms with Gasteiger partial charge in [0.25, 0.3) is 5.56 Å². The van der Waals surface area contributed by atoms with Crippen LogP contribution in [0.3, 0.4) is 0 Å². The molecule has 0 aliphatic rings. The van der Waals surface area contributed by atoms with Crippen molar-refractivity contribution in [1.29, 1.82) is 0 Å². The van der Waals surface area contributed by atoms with Crippen molar-refractivity contribution in [2.45, 2.75) is 59.0 Å². The van der Waals surface area contributed by atoms with Gasteiger partial charge < -0.3 is 4.98 Å². The zero-order chi connectivity index (χ0) is 21.3. The molecule has 4 aromatic rings. The molecule has 0 radical (unpaired) electrons. The second-order valence-corrected chi connectivity index (χ2v) is 7.65. The topological polar surface area (TPSA) is 116 Å². The minimum atomic E-state index is -0.416. The molecule has 4 aromatic heterocycles. The standard InChI is InChI=1S/C19H23ClN8O2/c1-3-4-5-10-26-16-15(21-18(20)22-16)17(29)27(19(26)30)11-6-7-13-23-24-14-9-8-12(2)25-28(13)14/h8-9H,3-7,10-11H2,1-2H3,(H,21,22). The maximum atomic E-state index is 13.0. The molecule has 0 unspecified atom stereocenters. The largest absolute Gasteiger partial charge is 0.332 e. The molecular formula is C19H23ClN8O2. The van der Waals surface area contributed by atoms with Crippen LogP contribution in [0.1, 0.15) is 44.1 Å². The van der Waals surface area contributed by atoms with E-state index in [2.05, 4.69) is 32.2 Å². The lowest BCUT2D eigenvalue weighted by atomic mass is 10.2. The van der Waals surface area contributed by atoms with Gasteiger partial charge in [0.1, 0.15) is 0 Å². The van der Waals surface area contributed by atoms with Crippen molar-refractivity contribution in [2.24, 2.45) is 0 Å². The molecule has 10 nitrogen and oxygen atoms in total. The molecule has 0 saturated carbocycles. The van der Waals surface area contributed by atoms with Gasteiger partial charge >= 0.3 is 5.69 Å². The quantitative estimate of drug-likeness (QED) is 0.338. The lowest BCUT2D eigenvalue weighted by Crippen LogP contribution is -2.40. The monoisotopic (exact) mass is 430 g/mol. The number of aryl methyl sites for hydroxylation is 3. The number of fused-ring (bicyclic) bond motifs is 2. The number of hydrogen-bond donors (Lipinski definition) is 1. The Morgan fingerprint density at radius 1 is 1.07 bits per heavy atom. The number of unbranched alkanes of at least 4 members (excludes halogenated alkanes) is 2. The van der Waals surface area contributed by atoms with Gasteiger partial charge in [0.15, 0.2) is 22.6 Å². The van der Waals surface area contributed by atoms with Gasteiger partial charge in [-0.1, -0.05) is 19.8 Å². The van der Waals surface area contributed by atoms with Gasteiger partial charge in [-0.3, -0.25) is 13.9 Å². The lowest BCUT2D eigenvalue weighted by Gasteiger charge is -2.11. The van der Waals surface area contributed by atoms with E-state index in [0.29, 0.717) is 36.5 Å². The van der Waals surface area contributed by atoms with Crippen molar-refractivity contribution in [3.05, 3.63) is 49.8 Å². The van der Waals surface area contributed by atoms with Gasteiger partial charge in [-0.2, -0.15) is 14.6 Å². The van der Waals surface area contributed by atoms with E-state index in [4.69, 9.17) is 11.6 Å². The minimum Gasteiger partial charge on any atom is -0.323 e. The maximum Gasteiger partial charge on any atom is 0.332 e. The molecule has 0 aromatic carbocycles. The third-order valence-corrected chi connectivity index (χ3v) is 5.24. The Morgan fingerprint density at radius 2 is 1.87 bits per heavy atom. The van der Waals surface area contributed by atoms with Crippen molar-refractivity contribution in [3.63, 3.8) is 0 Å². The van der Waals surface area contributed by atoms with Gasteiger partial charge in [-0.25, -0.2) is 4.79 Å². The fourth-order valence-corrected chi connectivity index (χ4v) is 3.71. The van der Waals surface area contributed by atoms with Gasteiger partial charge in [0.2, 0.25) is 5.28 Å². The molecule has 0 bridgehead atoms. The minimum absolute atomic E-state index is 0.0971. The van der Waals surface area contributed by atoms with E-state index < -0.39 is 5.56 Å². The highest BCUT2D eigenvalue weighted by molar-refractivity contribution is 6.28. The SMILES string of the molecule is CCCCCn1c(=O)n(CCCc2nnc3ccc(C)nn23)c(=O)c2[nH]c(Cl)nc21. The van der Waals surface area contributed by atoms with Crippen molar-refractivity contribution in [3.8, 4) is 0 Å². The number of nitrogens with zero attached hydrogens (tertiary/aromatic N) is 7. The van der Waals surface area contributed by atoms with E-state index in [-0.39, 0.29) is 23.0 Å². The highest BCUT2D eigenvalue weighted by Crippen LogP contribution is 2.11. The van der Waals surface area contributed by atoms with E-state index in [0.717, 1.165) is 25.0 Å². The van der Waals surface area contributed by atoms with Crippen LogP contribution in [-0.2, 0) is 19.5 Å². The van der Waals surface area contributed by atoms with Crippen LogP contribution in [0.25, 0.3) is 16.8 Å². The Kier molecular flexibility index (Phi) is 5.67. The number of hydrogen-bond acceptors (Lipinski definition) is 6. The van der Waals surface area contributed by atoms with Crippen LogP contribution in [0.4, 0.5) is 0 Å². The number of rotatable bonds is 8. The van der Waals surface area contributed by atoms with Crippen LogP contribution < -0.4 is 11.2 Å². The predicted octanol–water partition coefficient (Wildman–Crippen LogP) is 2.11. The summed E-state index contributed by atoms with van der Waals surface area (Å²) in [7, 11) is 0. The second kappa shape index (κ2) is 8.39. The normalized spacial score (nSPS) is 11.7. The van der Waals surface area contributed by atoms with Crippen LogP contribution >= 0.6 is 11.6 Å². The van der Waals surface area contributed by atoms with E-state index in [1.165, 1.54) is 9.13 Å². The molecule has 0 aliphatic carbocycles. The van der Waals surface area contributed by atoms with Crippen LogP contribution in [0, 0.1) is 6.92 Å². The molecule has 11 heteroatoms. The number of aromatic nitrogens is 8. The number of H-pyrrole nitrogens is 1. The molecule has 0 saturated heterocycles. The number of aromatic amines is 1. The first kappa shape index (κ1) is 20.3. The third kappa shape index (κ3) is 3.74. The Balaban J connectivity index is 1.62. The Labute approximate surface area is 176 Å². The summed E-state index contributed by atoms with van der Waals surface area (Å²) in [5.41, 5.74) is 1.30. The van der Waals surface area contributed by atoms with Gasteiger partial charge in [0, 0.05) is 19.5 Å². The molecule has 0 atom stereocenters. The van der Waals surface area contributed by atoms with Crippen LogP contribution in [0.15, 0.2) is 21.7 Å². The van der Waals surface area contributed by atoms with Crippen LogP contribution in [0.2, 0.25) is 5.28 Å². The average molecular weight is 431 g/mol. The fourth-order valence-electron chi connectivity index (χ4n) is 3.53. The van der Waals surface area contributed by atoms with Crippen molar-refractivity contribution >= 4 is 28.4 Å². The van der Waals surface area contributed by atoms with E-state index in [1.807, 2.05) is 19.1 Å². The summed E-state index contributed by atoms with van der Waals surface area (Å²) in [6.45, 7) is 4.73. The van der Waals surface area contributed by atoms with Crippen molar-refractivity contribution in [1.82, 2.24) is 38.9 Å². The van der Waals surface area contributed by atoms with Gasteiger partial charge in [-0.05, 0) is 43.5 Å². The smallest absolute Gasteiger partial charge is 0.323 e. The van der Waals surface area contributed by atoms with E-state index in [9.17, 15) is 9.59 Å². The highest BCUT2D eigenvalue weighted by atomic mass is 35.5. The first-order chi connectivity index (χ1) is 14.5. The molecule has 4 heterocycles. The number of halogens is 1. The zero-order valence-corrected chi connectivity index (χ0v) is 17.7.